The van der Waals surface area contributed by atoms with Crippen LogP contribution in [0.5, 0.6) is 0 Å². The van der Waals surface area contributed by atoms with E-state index in [1.165, 1.54) is 15.9 Å². The summed E-state index contributed by atoms with van der Waals surface area (Å²) in [6.07, 6.45) is 0. The first-order valence-electron chi connectivity index (χ1n) is 11.5. The summed E-state index contributed by atoms with van der Waals surface area (Å²) < 4.78 is 13.3. The fraction of sp³-hybridized carbons (Fsp3) is 0.286. The Balaban J connectivity index is 2.04. The number of halogens is 1. The molecule has 1 aliphatic heterocycles. The Labute approximate surface area is 204 Å². The van der Waals surface area contributed by atoms with Gasteiger partial charge in [0.2, 0.25) is 0 Å². The van der Waals surface area contributed by atoms with E-state index in [2.05, 4.69) is 114 Å². The SMILES string of the molecule is CC1(C)OB(/C(=C(\c2ccccc2)[Si](C)(C)c2ccccc2)c2ccc(Cl)cc2)OC1(C)C. The summed E-state index contributed by atoms with van der Waals surface area (Å²) in [6.45, 7) is 13.2. The van der Waals surface area contributed by atoms with Crippen LogP contribution >= 0.6 is 11.6 Å². The quantitative estimate of drug-likeness (QED) is 0.292. The number of hydrogen-bond donors (Lipinski definition) is 0. The predicted molar refractivity (Wildman–Crippen MR) is 144 cm³/mol. The Morgan fingerprint density at radius 3 is 1.70 bits per heavy atom. The van der Waals surface area contributed by atoms with Crippen molar-refractivity contribution in [1.82, 2.24) is 0 Å². The highest BCUT2D eigenvalue weighted by Crippen LogP contribution is 2.44. The third kappa shape index (κ3) is 4.63. The Hall–Kier alpha value is -2.11. The van der Waals surface area contributed by atoms with Gasteiger partial charge in [0.15, 0.2) is 0 Å². The minimum atomic E-state index is -2.18. The zero-order valence-electron chi connectivity index (χ0n) is 20.4. The fourth-order valence-electron chi connectivity index (χ4n) is 4.45. The molecule has 0 aliphatic carbocycles. The van der Waals surface area contributed by atoms with Gasteiger partial charge in [-0.2, -0.15) is 0 Å². The smallest absolute Gasteiger partial charge is 0.399 e. The highest BCUT2D eigenvalue weighted by Gasteiger charge is 2.54. The lowest BCUT2D eigenvalue weighted by molar-refractivity contribution is 0.00578. The maximum absolute atomic E-state index is 6.65. The maximum Gasteiger partial charge on any atom is 0.495 e. The van der Waals surface area contributed by atoms with Crippen LogP contribution in [0.15, 0.2) is 84.9 Å². The molecule has 1 aliphatic rings. The monoisotopic (exact) mass is 474 g/mol. The average Bonchev–Trinajstić information content (AvgIpc) is 3.00. The van der Waals surface area contributed by atoms with E-state index in [9.17, 15) is 0 Å². The van der Waals surface area contributed by atoms with Crippen molar-refractivity contribution >= 4 is 42.6 Å². The minimum Gasteiger partial charge on any atom is -0.399 e. The summed E-state index contributed by atoms with van der Waals surface area (Å²) in [6, 6.07) is 29.6. The Bertz CT molecular complexity index is 1120. The molecule has 33 heavy (non-hydrogen) atoms. The first-order chi connectivity index (χ1) is 15.5. The van der Waals surface area contributed by atoms with Gasteiger partial charge < -0.3 is 9.31 Å². The van der Waals surface area contributed by atoms with Crippen LogP contribution in [0.1, 0.15) is 38.8 Å². The molecule has 170 valence electrons. The van der Waals surface area contributed by atoms with Gasteiger partial charge in [-0.05, 0) is 61.6 Å². The van der Waals surface area contributed by atoms with Gasteiger partial charge >= 0.3 is 7.12 Å². The van der Waals surface area contributed by atoms with Crippen LogP contribution in [0.2, 0.25) is 18.1 Å². The van der Waals surface area contributed by atoms with Crippen molar-refractivity contribution in [3.63, 3.8) is 0 Å². The molecule has 3 aromatic rings. The summed E-state index contributed by atoms with van der Waals surface area (Å²) in [7, 11) is -2.67. The molecule has 0 bridgehead atoms. The molecular formula is C28H32BClO2Si. The van der Waals surface area contributed by atoms with Gasteiger partial charge in [-0.25, -0.2) is 0 Å². The standard InChI is InChI=1S/C28H32BClO2Si/c1-27(2)28(3,4)32-29(31-27)25(21-17-19-23(30)20-18-21)26(22-13-9-7-10-14-22)33(5,6)24-15-11-8-12-16-24/h7-20H,1-6H3/b26-25+. The Kier molecular flexibility index (Phi) is 6.49. The third-order valence-corrected chi connectivity index (χ3v) is 10.9. The van der Waals surface area contributed by atoms with E-state index >= 15 is 0 Å². The second-order valence-electron chi connectivity index (χ2n) is 10.2. The number of hydrogen-bond acceptors (Lipinski definition) is 2. The third-order valence-electron chi connectivity index (χ3n) is 7.10. The Morgan fingerprint density at radius 1 is 0.697 bits per heavy atom. The number of benzene rings is 3. The summed E-state index contributed by atoms with van der Waals surface area (Å²) >= 11 is 6.28. The average molecular weight is 475 g/mol. The molecule has 0 amide bonds. The van der Waals surface area contributed by atoms with E-state index in [1.54, 1.807) is 0 Å². The normalized spacial score (nSPS) is 18.2. The topological polar surface area (TPSA) is 18.5 Å². The molecule has 4 rings (SSSR count). The van der Waals surface area contributed by atoms with Gasteiger partial charge in [0.05, 0.1) is 11.2 Å². The molecule has 2 nitrogen and oxygen atoms in total. The van der Waals surface area contributed by atoms with Crippen molar-refractivity contribution in [2.45, 2.75) is 52.0 Å². The summed E-state index contributed by atoms with van der Waals surface area (Å²) in [5.74, 6) is 0. The highest BCUT2D eigenvalue weighted by molar-refractivity contribution is 7.07. The van der Waals surface area contributed by atoms with E-state index in [-0.39, 0.29) is 0 Å². The van der Waals surface area contributed by atoms with Gasteiger partial charge in [0, 0.05) is 5.02 Å². The molecule has 0 saturated carbocycles. The van der Waals surface area contributed by atoms with Crippen LogP contribution in [-0.4, -0.2) is 26.4 Å². The maximum atomic E-state index is 6.65. The molecule has 1 fully saturated rings. The fourth-order valence-corrected chi connectivity index (χ4v) is 7.71. The lowest BCUT2D eigenvalue weighted by atomic mass is 9.73. The molecule has 1 heterocycles. The number of rotatable bonds is 5. The first-order valence-corrected chi connectivity index (χ1v) is 14.9. The predicted octanol–water partition coefficient (Wildman–Crippen LogP) is 7.04. The second-order valence-corrected chi connectivity index (χ2v) is 15.0. The first kappa shape index (κ1) is 24.0. The van der Waals surface area contributed by atoms with Crippen molar-refractivity contribution in [2.24, 2.45) is 0 Å². The van der Waals surface area contributed by atoms with E-state index in [1.807, 2.05) is 12.1 Å². The van der Waals surface area contributed by atoms with Crippen LogP contribution in [0, 0.1) is 0 Å². The van der Waals surface area contributed by atoms with Crippen molar-refractivity contribution in [3.8, 4) is 0 Å². The molecular weight excluding hydrogens is 443 g/mol. The molecule has 1 saturated heterocycles. The van der Waals surface area contributed by atoms with Crippen molar-refractivity contribution in [3.05, 3.63) is 101 Å². The van der Waals surface area contributed by atoms with Gasteiger partial charge in [0.25, 0.3) is 0 Å². The lowest BCUT2D eigenvalue weighted by Gasteiger charge is -2.32. The van der Waals surface area contributed by atoms with Crippen molar-refractivity contribution in [1.29, 1.82) is 0 Å². The summed E-state index contributed by atoms with van der Waals surface area (Å²) in [4.78, 5) is 0. The molecule has 0 aromatic heterocycles. The summed E-state index contributed by atoms with van der Waals surface area (Å²) in [5, 5.41) is 3.40. The molecule has 3 aromatic carbocycles. The molecule has 0 spiro atoms. The molecule has 5 heteroatoms. The molecule has 0 atom stereocenters. The van der Waals surface area contributed by atoms with Crippen molar-refractivity contribution in [2.75, 3.05) is 0 Å². The largest absolute Gasteiger partial charge is 0.495 e. The lowest BCUT2D eigenvalue weighted by Crippen LogP contribution is -2.44. The molecule has 0 unspecified atom stereocenters. The van der Waals surface area contributed by atoms with E-state index in [4.69, 9.17) is 20.9 Å². The highest BCUT2D eigenvalue weighted by atomic mass is 35.5. The minimum absolute atomic E-state index is 0.435. The van der Waals surface area contributed by atoms with E-state index in [0.29, 0.717) is 5.02 Å². The summed E-state index contributed by atoms with van der Waals surface area (Å²) in [5.41, 5.74) is 2.51. The van der Waals surface area contributed by atoms with Crippen LogP contribution in [0.3, 0.4) is 0 Å². The Morgan fingerprint density at radius 2 is 1.18 bits per heavy atom. The zero-order valence-corrected chi connectivity index (χ0v) is 22.1. The second kappa shape index (κ2) is 8.92. The van der Waals surface area contributed by atoms with Crippen LogP contribution < -0.4 is 5.19 Å². The van der Waals surface area contributed by atoms with Crippen LogP contribution in [0.25, 0.3) is 10.7 Å². The molecule has 0 radical (unpaired) electrons. The van der Waals surface area contributed by atoms with Gasteiger partial charge in [-0.3, -0.25) is 0 Å². The molecule has 0 N–H and O–H groups in total. The van der Waals surface area contributed by atoms with Crippen LogP contribution in [0.4, 0.5) is 0 Å². The van der Waals surface area contributed by atoms with Crippen molar-refractivity contribution < 1.29 is 9.31 Å². The van der Waals surface area contributed by atoms with E-state index < -0.39 is 26.4 Å². The van der Waals surface area contributed by atoms with Crippen LogP contribution in [-0.2, 0) is 9.31 Å². The van der Waals surface area contributed by atoms with Gasteiger partial charge in [-0.15, -0.1) is 0 Å². The van der Waals surface area contributed by atoms with E-state index in [0.717, 1.165) is 11.0 Å². The van der Waals surface area contributed by atoms with Gasteiger partial charge in [0.1, 0.15) is 8.07 Å². The van der Waals surface area contributed by atoms with Gasteiger partial charge in [-0.1, -0.05) is 103 Å². The zero-order chi connectivity index (χ0) is 23.9.